The van der Waals surface area contributed by atoms with Crippen molar-refractivity contribution in [3.63, 3.8) is 0 Å². The van der Waals surface area contributed by atoms with Crippen LogP contribution < -0.4 is 0 Å². The van der Waals surface area contributed by atoms with Crippen LogP contribution in [0.1, 0.15) is 40.5 Å². The summed E-state index contributed by atoms with van der Waals surface area (Å²) in [5, 5.41) is -1.03. The lowest BCUT2D eigenvalue weighted by Crippen LogP contribution is -2.36. The van der Waals surface area contributed by atoms with Crippen molar-refractivity contribution < 1.29 is 17.9 Å². The van der Waals surface area contributed by atoms with E-state index in [9.17, 15) is 13.2 Å². The smallest absolute Gasteiger partial charge is 0.324 e. The third-order valence-corrected chi connectivity index (χ3v) is 3.20. The van der Waals surface area contributed by atoms with Gasteiger partial charge in [0, 0.05) is 6.26 Å². The molecule has 0 bridgehead atoms. The van der Waals surface area contributed by atoms with Crippen LogP contribution in [0.5, 0.6) is 0 Å². The Morgan fingerprint density at radius 1 is 1.33 bits per heavy atom. The van der Waals surface area contributed by atoms with Crippen molar-refractivity contribution in [1.82, 2.24) is 0 Å². The van der Waals surface area contributed by atoms with Gasteiger partial charge in [-0.25, -0.2) is 8.42 Å². The highest BCUT2D eigenvalue weighted by atomic mass is 32.2. The summed E-state index contributed by atoms with van der Waals surface area (Å²) in [6.45, 7) is 6.99. The molecule has 0 aromatic heterocycles. The van der Waals surface area contributed by atoms with E-state index in [1.807, 2.05) is 6.92 Å². The fourth-order valence-corrected chi connectivity index (χ4v) is 2.20. The molecule has 0 unspecified atom stereocenters. The van der Waals surface area contributed by atoms with Gasteiger partial charge in [0.15, 0.2) is 15.1 Å². The lowest BCUT2D eigenvalue weighted by molar-refractivity contribution is -0.154. The van der Waals surface area contributed by atoms with Crippen molar-refractivity contribution >= 4 is 15.8 Å². The van der Waals surface area contributed by atoms with E-state index in [-0.39, 0.29) is 0 Å². The number of carbonyl (C=O) groups is 1. The van der Waals surface area contributed by atoms with Gasteiger partial charge in [-0.15, -0.1) is 0 Å². The van der Waals surface area contributed by atoms with Crippen LogP contribution in [-0.2, 0) is 19.4 Å². The van der Waals surface area contributed by atoms with Gasteiger partial charge in [-0.1, -0.05) is 13.3 Å². The molecule has 90 valence electrons. The monoisotopic (exact) mass is 236 g/mol. The van der Waals surface area contributed by atoms with Gasteiger partial charge in [0.25, 0.3) is 0 Å². The van der Waals surface area contributed by atoms with E-state index in [1.165, 1.54) is 0 Å². The number of hydrogen-bond acceptors (Lipinski definition) is 4. The summed E-state index contributed by atoms with van der Waals surface area (Å²) >= 11 is 0. The van der Waals surface area contributed by atoms with Crippen molar-refractivity contribution in [2.75, 3.05) is 6.26 Å². The Labute approximate surface area is 91.9 Å². The number of rotatable bonds is 4. The minimum atomic E-state index is -3.37. The molecule has 0 aliphatic heterocycles. The third-order valence-electron chi connectivity index (χ3n) is 1.74. The molecule has 0 N–H and O–H groups in total. The number of esters is 1. The SMILES string of the molecule is CCC[C@H](C(=O)OC(C)(C)C)S(C)(=O)=O. The second kappa shape index (κ2) is 4.96. The predicted molar refractivity (Wildman–Crippen MR) is 59.4 cm³/mol. The van der Waals surface area contributed by atoms with Crippen LogP contribution in [0.2, 0.25) is 0 Å². The van der Waals surface area contributed by atoms with Gasteiger partial charge in [-0.3, -0.25) is 4.79 Å². The largest absolute Gasteiger partial charge is 0.459 e. The molecule has 0 saturated heterocycles. The second-order valence-corrected chi connectivity index (χ2v) is 6.87. The Hall–Kier alpha value is -0.580. The minimum Gasteiger partial charge on any atom is -0.459 e. The molecule has 5 heteroatoms. The van der Waals surface area contributed by atoms with Gasteiger partial charge in [-0.2, -0.15) is 0 Å². The summed E-state index contributed by atoms with van der Waals surface area (Å²) < 4.78 is 27.8. The van der Waals surface area contributed by atoms with Crippen molar-refractivity contribution in [3.05, 3.63) is 0 Å². The number of ether oxygens (including phenoxy) is 1. The average Bonchev–Trinajstić information content (AvgIpc) is 1.93. The number of sulfone groups is 1. The van der Waals surface area contributed by atoms with Gasteiger partial charge in [0.05, 0.1) is 0 Å². The molecule has 0 fully saturated rings. The summed E-state index contributed by atoms with van der Waals surface area (Å²) in [4.78, 5) is 11.6. The minimum absolute atomic E-state index is 0.313. The first-order chi connectivity index (χ1) is 6.58. The molecule has 0 radical (unpaired) electrons. The first kappa shape index (κ1) is 14.4. The van der Waals surface area contributed by atoms with Crippen molar-refractivity contribution in [3.8, 4) is 0 Å². The predicted octanol–water partition coefficient (Wildman–Crippen LogP) is 1.54. The molecular formula is C10H20O4S. The van der Waals surface area contributed by atoms with E-state index in [2.05, 4.69) is 0 Å². The maximum atomic E-state index is 11.6. The number of hydrogen-bond donors (Lipinski definition) is 0. The van der Waals surface area contributed by atoms with Crippen molar-refractivity contribution in [1.29, 1.82) is 0 Å². The van der Waals surface area contributed by atoms with Gasteiger partial charge < -0.3 is 4.74 Å². The van der Waals surface area contributed by atoms with Crippen molar-refractivity contribution in [2.24, 2.45) is 0 Å². The van der Waals surface area contributed by atoms with Gasteiger partial charge in [-0.05, 0) is 27.2 Å². The van der Waals surface area contributed by atoms with E-state index in [1.54, 1.807) is 20.8 Å². The molecule has 15 heavy (non-hydrogen) atoms. The van der Waals surface area contributed by atoms with E-state index >= 15 is 0 Å². The molecule has 0 aromatic carbocycles. The van der Waals surface area contributed by atoms with Crippen LogP contribution in [0, 0.1) is 0 Å². The summed E-state index contributed by atoms with van der Waals surface area (Å²) in [7, 11) is -3.37. The molecule has 0 rings (SSSR count). The maximum absolute atomic E-state index is 11.6. The van der Waals surface area contributed by atoms with Crippen LogP contribution in [0.15, 0.2) is 0 Å². The molecule has 0 aliphatic rings. The van der Waals surface area contributed by atoms with Crippen molar-refractivity contribution in [2.45, 2.75) is 51.4 Å². The molecule has 0 aromatic rings. The summed E-state index contributed by atoms with van der Waals surface area (Å²) in [5.41, 5.74) is -0.645. The van der Waals surface area contributed by atoms with E-state index in [4.69, 9.17) is 4.74 Å². The zero-order chi connectivity index (χ0) is 12.3. The van der Waals surface area contributed by atoms with Gasteiger partial charge in [0.1, 0.15) is 5.60 Å². The second-order valence-electron chi connectivity index (χ2n) is 4.64. The number of carbonyl (C=O) groups excluding carboxylic acids is 1. The first-order valence-electron chi connectivity index (χ1n) is 4.99. The van der Waals surface area contributed by atoms with Gasteiger partial charge >= 0.3 is 5.97 Å². The van der Waals surface area contributed by atoms with Crippen LogP contribution in [-0.4, -0.2) is 31.5 Å². The summed E-state index contributed by atoms with van der Waals surface area (Å²) in [5.74, 6) is -0.646. The fraction of sp³-hybridized carbons (Fsp3) is 0.900. The Bertz CT molecular complexity index is 311. The molecule has 0 aliphatic carbocycles. The topological polar surface area (TPSA) is 60.4 Å². The zero-order valence-electron chi connectivity index (χ0n) is 10.0. The zero-order valence-corrected chi connectivity index (χ0v) is 10.8. The van der Waals surface area contributed by atoms with E-state index in [0.717, 1.165) is 6.26 Å². The van der Waals surface area contributed by atoms with Crippen LogP contribution >= 0.6 is 0 Å². The fourth-order valence-electron chi connectivity index (χ4n) is 1.14. The summed E-state index contributed by atoms with van der Waals surface area (Å²) in [6, 6.07) is 0. The highest BCUT2D eigenvalue weighted by Gasteiger charge is 2.32. The quantitative estimate of drug-likeness (QED) is 0.695. The molecule has 0 heterocycles. The molecule has 0 amide bonds. The molecule has 4 nitrogen and oxygen atoms in total. The highest BCUT2D eigenvalue weighted by Crippen LogP contribution is 2.15. The van der Waals surface area contributed by atoms with Crippen LogP contribution in [0.3, 0.4) is 0 Å². The van der Waals surface area contributed by atoms with Crippen LogP contribution in [0.4, 0.5) is 0 Å². The molecular weight excluding hydrogens is 216 g/mol. The Morgan fingerprint density at radius 2 is 1.80 bits per heavy atom. The lowest BCUT2D eigenvalue weighted by Gasteiger charge is -2.22. The molecule has 1 atom stereocenters. The Morgan fingerprint density at radius 3 is 2.07 bits per heavy atom. The Kier molecular flexibility index (Phi) is 4.77. The van der Waals surface area contributed by atoms with Crippen LogP contribution in [0.25, 0.3) is 0 Å². The molecule has 0 spiro atoms. The third kappa shape index (κ3) is 5.77. The maximum Gasteiger partial charge on any atom is 0.324 e. The van der Waals surface area contributed by atoms with E-state index < -0.39 is 26.7 Å². The van der Waals surface area contributed by atoms with E-state index in [0.29, 0.717) is 12.8 Å². The summed E-state index contributed by atoms with van der Waals surface area (Å²) in [6.07, 6.45) is 2.02. The normalized spacial score (nSPS) is 14.7. The Balaban J connectivity index is 4.74. The standard InChI is InChI=1S/C10H20O4S/c1-6-7-8(15(5,12)13)9(11)14-10(2,3)4/h8H,6-7H2,1-5H3/t8-/m1/s1. The first-order valence-corrected chi connectivity index (χ1v) is 6.95. The highest BCUT2D eigenvalue weighted by molar-refractivity contribution is 7.92. The average molecular weight is 236 g/mol. The lowest BCUT2D eigenvalue weighted by atomic mass is 10.2. The molecule has 0 saturated carbocycles. The van der Waals surface area contributed by atoms with Gasteiger partial charge in [0.2, 0.25) is 0 Å².